The summed E-state index contributed by atoms with van der Waals surface area (Å²) in [4.78, 5) is 27.3. The number of hydrogen-bond donors (Lipinski definition) is 1. The summed E-state index contributed by atoms with van der Waals surface area (Å²) in [5.74, 6) is -1.03. The number of anilines is 1. The average molecular weight is 480 g/mol. The minimum Gasteiger partial charge on any atom is -0.452 e. The molecule has 4 rings (SSSR count). The van der Waals surface area contributed by atoms with Gasteiger partial charge in [0.25, 0.3) is 5.91 Å². The molecule has 0 radical (unpaired) electrons. The highest BCUT2D eigenvalue weighted by atomic mass is 32.2. The quantitative estimate of drug-likeness (QED) is 0.596. The third-order valence-corrected chi connectivity index (χ3v) is 8.44. The van der Waals surface area contributed by atoms with Gasteiger partial charge >= 0.3 is 5.97 Å². The second kappa shape index (κ2) is 10.8. The van der Waals surface area contributed by atoms with Crippen LogP contribution in [-0.2, 0) is 24.3 Å². The summed E-state index contributed by atoms with van der Waals surface area (Å²) in [6.45, 7) is 2.78. The fourth-order valence-electron chi connectivity index (χ4n) is 4.72. The lowest BCUT2D eigenvalue weighted by Gasteiger charge is -2.31. The number of rotatable bonds is 7. The summed E-state index contributed by atoms with van der Waals surface area (Å²) < 4.78 is 38.6. The van der Waals surface area contributed by atoms with E-state index >= 15 is 0 Å². The number of carbonyl (C=O) groups is 2. The molecule has 182 valence electrons. The van der Waals surface area contributed by atoms with Crippen molar-refractivity contribution in [2.24, 2.45) is 0 Å². The summed E-state index contributed by atoms with van der Waals surface area (Å²) in [7, 11) is -3.71. The number of nitrogens with one attached hydrogen (secondary N) is 1. The van der Waals surface area contributed by atoms with Crippen LogP contribution >= 0.6 is 0 Å². The molecule has 33 heavy (non-hydrogen) atoms. The lowest BCUT2D eigenvalue weighted by atomic mass is 10.1. The Hall–Kier alpha value is -2.17. The lowest BCUT2D eigenvalue weighted by Crippen LogP contribution is -2.38. The molecule has 2 saturated heterocycles. The molecule has 3 aliphatic rings. The first kappa shape index (κ1) is 24.0. The summed E-state index contributed by atoms with van der Waals surface area (Å²) >= 11 is 0. The third-order valence-electron chi connectivity index (χ3n) is 6.55. The largest absolute Gasteiger partial charge is 0.452 e. The number of carbonyl (C=O) groups excluding carboxylic acids is 2. The number of esters is 1. The van der Waals surface area contributed by atoms with Crippen molar-refractivity contribution in [1.82, 2.24) is 9.62 Å². The van der Waals surface area contributed by atoms with Gasteiger partial charge in [0.15, 0.2) is 6.61 Å². The van der Waals surface area contributed by atoms with E-state index in [4.69, 9.17) is 9.47 Å². The van der Waals surface area contributed by atoms with Crippen molar-refractivity contribution < 1.29 is 27.5 Å². The Kier molecular flexibility index (Phi) is 7.87. The number of ether oxygens (including phenoxy) is 2. The predicted molar refractivity (Wildman–Crippen MR) is 123 cm³/mol. The summed E-state index contributed by atoms with van der Waals surface area (Å²) in [6.07, 6.45) is 6.74. The van der Waals surface area contributed by atoms with Crippen LogP contribution in [0.2, 0.25) is 0 Å². The van der Waals surface area contributed by atoms with E-state index in [0.29, 0.717) is 45.1 Å². The van der Waals surface area contributed by atoms with Crippen LogP contribution < -0.4 is 10.2 Å². The van der Waals surface area contributed by atoms with Crippen LogP contribution in [0.5, 0.6) is 0 Å². The van der Waals surface area contributed by atoms with Crippen LogP contribution in [0.1, 0.15) is 55.3 Å². The second-order valence-corrected chi connectivity index (χ2v) is 10.8. The normalized spacial score (nSPS) is 20.5. The fourth-order valence-corrected chi connectivity index (χ4v) is 6.27. The molecule has 2 aliphatic heterocycles. The van der Waals surface area contributed by atoms with Gasteiger partial charge in [-0.15, -0.1) is 0 Å². The zero-order valence-electron chi connectivity index (χ0n) is 19.0. The Labute approximate surface area is 195 Å². The first-order valence-corrected chi connectivity index (χ1v) is 13.3. The Balaban J connectivity index is 1.53. The maximum atomic E-state index is 13.2. The Morgan fingerprint density at radius 1 is 1.00 bits per heavy atom. The van der Waals surface area contributed by atoms with E-state index in [1.807, 2.05) is 4.90 Å². The summed E-state index contributed by atoms with van der Waals surface area (Å²) in [5.41, 5.74) is 0.751. The zero-order valence-corrected chi connectivity index (χ0v) is 19.8. The van der Waals surface area contributed by atoms with Crippen molar-refractivity contribution in [3.8, 4) is 0 Å². The number of amides is 1. The van der Waals surface area contributed by atoms with E-state index in [2.05, 4.69) is 5.32 Å². The van der Waals surface area contributed by atoms with Gasteiger partial charge in [0.1, 0.15) is 0 Å². The molecule has 1 amide bonds. The summed E-state index contributed by atoms with van der Waals surface area (Å²) in [6, 6.07) is 4.75. The first-order valence-electron chi connectivity index (χ1n) is 11.9. The highest BCUT2D eigenvalue weighted by Crippen LogP contribution is 2.28. The first-order chi connectivity index (χ1) is 15.9. The number of morpholine rings is 1. The van der Waals surface area contributed by atoms with Gasteiger partial charge in [-0.2, -0.15) is 4.31 Å². The maximum Gasteiger partial charge on any atom is 0.340 e. The molecular weight excluding hydrogens is 446 g/mol. The van der Waals surface area contributed by atoms with Crippen molar-refractivity contribution in [2.75, 3.05) is 50.9 Å². The molecule has 0 aromatic heterocycles. The van der Waals surface area contributed by atoms with E-state index in [1.165, 1.54) is 10.4 Å². The van der Waals surface area contributed by atoms with Gasteiger partial charge in [-0.3, -0.25) is 4.79 Å². The van der Waals surface area contributed by atoms with E-state index in [1.54, 1.807) is 12.1 Å². The molecule has 2 heterocycles. The van der Waals surface area contributed by atoms with Crippen molar-refractivity contribution in [3.05, 3.63) is 23.8 Å². The van der Waals surface area contributed by atoms with Crippen LogP contribution in [0, 0.1) is 0 Å². The van der Waals surface area contributed by atoms with Gasteiger partial charge < -0.3 is 19.7 Å². The third kappa shape index (κ3) is 5.85. The molecule has 1 saturated carbocycles. The fraction of sp³-hybridized carbons (Fsp3) is 0.652. The molecule has 0 atom stereocenters. The molecule has 1 aliphatic carbocycles. The molecule has 1 N–H and O–H groups in total. The number of hydrogen-bond acceptors (Lipinski definition) is 7. The van der Waals surface area contributed by atoms with Gasteiger partial charge in [-0.05, 0) is 43.9 Å². The lowest BCUT2D eigenvalue weighted by molar-refractivity contribution is -0.124. The highest BCUT2D eigenvalue weighted by molar-refractivity contribution is 7.89. The molecule has 10 heteroatoms. The molecule has 0 unspecified atom stereocenters. The minimum atomic E-state index is -3.71. The summed E-state index contributed by atoms with van der Waals surface area (Å²) in [5, 5.41) is 2.90. The number of nitrogens with zero attached hydrogens (tertiary/aromatic N) is 2. The Morgan fingerprint density at radius 2 is 1.70 bits per heavy atom. The van der Waals surface area contributed by atoms with Crippen molar-refractivity contribution in [1.29, 1.82) is 0 Å². The monoisotopic (exact) mass is 479 g/mol. The van der Waals surface area contributed by atoms with Crippen molar-refractivity contribution >= 4 is 27.6 Å². The maximum absolute atomic E-state index is 13.2. The average Bonchev–Trinajstić information content (AvgIpc) is 3.36. The highest BCUT2D eigenvalue weighted by Gasteiger charge is 2.29. The van der Waals surface area contributed by atoms with Gasteiger partial charge in [0.2, 0.25) is 10.0 Å². The predicted octanol–water partition coefficient (Wildman–Crippen LogP) is 1.91. The molecule has 9 nitrogen and oxygen atoms in total. The van der Waals surface area contributed by atoms with Crippen LogP contribution in [0.3, 0.4) is 0 Å². The topological polar surface area (TPSA) is 105 Å². The van der Waals surface area contributed by atoms with Crippen LogP contribution in [-0.4, -0.2) is 76.6 Å². The zero-order chi connectivity index (χ0) is 23.3. The van der Waals surface area contributed by atoms with Crippen LogP contribution in [0.25, 0.3) is 0 Å². The Bertz CT molecular complexity index is 949. The second-order valence-electron chi connectivity index (χ2n) is 8.87. The molecule has 0 spiro atoms. The van der Waals surface area contributed by atoms with E-state index in [9.17, 15) is 18.0 Å². The van der Waals surface area contributed by atoms with Crippen LogP contribution in [0.15, 0.2) is 23.1 Å². The number of piperidine rings is 1. The standard InChI is InChI=1S/C23H33N3O6S/c27-22(24-18-6-2-3-7-18)17-32-23(28)20-16-19(33(29,30)26-10-4-1-5-11-26)8-9-21(20)25-12-14-31-15-13-25/h8-9,16,18H,1-7,10-15,17H2,(H,24,27). The van der Waals surface area contributed by atoms with E-state index in [-0.39, 0.29) is 29.0 Å². The van der Waals surface area contributed by atoms with Crippen molar-refractivity contribution in [2.45, 2.75) is 55.9 Å². The SMILES string of the molecule is O=C(COC(=O)c1cc(S(=O)(=O)N2CCCCC2)ccc1N1CCOCC1)NC1CCCC1. The van der Waals surface area contributed by atoms with Gasteiger partial charge in [0, 0.05) is 32.2 Å². The van der Waals surface area contributed by atoms with Crippen molar-refractivity contribution in [3.63, 3.8) is 0 Å². The number of sulfonamides is 1. The molecule has 1 aromatic carbocycles. The van der Waals surface area contributed by atoms with E-state index < -0.39 is 16.0 Å². The Morgan fingerprint density at radius 3 is 2.39 bits per heavy atom. The molecule has 3 fully saturated rings. The molecule has 0 bridgehead atoms. The van der Waals surface area contributed by atoms with Crippen LogP contribution in [0.4, 0.5) is 5.69 Å². The van der Waals surface area contributed by atoms with Gasteiger partial charge in [0.05, 0.1) is 29.4 Å². The minimum absolute atomic E-state index is 0.0729. The molecular formula is C23H33N3O6S. The molecule has 1 aromatic rings. The van der Waals surface area contributed by atoms with Gasteiger partial charge in [-0.25, -0.2) is 13.2 Å². The van der Waals surface area contributed by atoms with E-state index in [0.717, 1.165) is 44.9 Å². The van der Waals surface area contributed by atoms with Gasteiger partial charge in [-0.1, -0.05) is 19.3 Å². The smallest absolute Gasteiger partial charge is 0.340 e. The number of benzene rings is 1.